The maximum atomic E-state index is 6.04. The molecule has 0 amide bonds. The zero-order valence-electron chi connectivity index (χ0n) is 15.2. The highest BCUT2D eigenvalue weighted by molar-refractivity contribution is 5.28. The second-order valence-corrected chi connectivity index (χ2v) is 6.58. The average Bonchev–Trinajstić information content (AvgIpc) is 3.26. The summed E-state index contributed by atoms with van der Waals surface area (Å²) < 4.78 is 13.3. The molecular weight excluding hydrogens is 306 g/mol. The van der Waals surface area contributed by atoms with Crippen LogP contribution in [-0.2, 0) is 18.2 Å². The number of nitrogens with zero attached hydrogens (tertiary/aromatic N) is 4. The van der Waals surface area contributed by atoms with Gasteiger partial charge in [0.1, 0.15) is 0 Å². The maximum absolute atomic E-state index is 6.04. The van der Waals surface area contributed by atoms with Gasteiger partial charge in [-0.25, -0.2) is 0 Å². The van der Waals surface area contributed by atoms with Crippen LogP contribution in [0.4, 0.5) is 0 Å². The molecule has 1 N–H and O–H groups in total. The van der Waals surface area contributed by atoms with Gasteiger partial charge in [-0.05, 0) is 27.2 Å². The van der Waals surface area contributed by atoms with Crippen molar-refractivity contribution in [1.29, 1.82) is 0 Å². The Balaban J connectivity index is 1.66. The Bertz CT molecular complexity index is 693. The maximum Gasteiger partial charge on any atom is 0.243 e. The van der Waals surface area contributed by atoms with E-state index in [-0.39, 0.29) is 12.1 Å². The summed E-state index contributed by atoms with van der Waals surface area (Å²) in [6.45, 7) is 9.88. The van der Waals surface area contributed by atoms with Crippen LogP contribution >= 0.6 is 0 Å². The lowest BCUT2D eigenvalue weighted by atomic mass is 9.93. The summed E-state index contributed by atoms with van der Waals surface area (Å²) in [4.78, 5) is 4.40. The van der Waals surface area contributed by atoms with Gasteiger partial charge < -0.3 is 14.6 Å². The highest BCUT2D eigenvalue weighted by Crippen LogP contribution is 2.37. The molecule has 3 atom stereocenters. The van der Waals surface area contributed by atoms with Gasteiger partial charge in [-0.3, -0.25) is 4.68 Å². The topological polar surface area (TPSA) is 78.0 Å². The Hall–Kier alpha value is -1.73. The molecule has 2 aromatic rings. The second-order valence-electron chi connectivity index (χ2n) is 6.58. The number of aromatic nitrogens is 4. The Kier molecular flexibility index (Phi) is 5.01. The summed E-state index contributed by atoms with van der Waals surface area (Å²) >= 11 is 0. The van der Waals surface area contributed by atoms with Gasteiger partial charge in [0.2, 0.25) is 5.89 Å². The number of hydrogen-bond donors (Lipinski definition) is 1. The molecule has 1 aliphatic heterocycles. The molecule has 2 aromatic heterocycles. The molecule has 7 nitrogen and oxygen atoms in total. The lowest BCUT2D eigenvalue weighted by Gasteiger charge is -2.21. The van der Waals surface area contributed by atoms with Crippen molar-refractivity contribution in [1.82, 2.24) is 25.2 Å². The van der Waals surface area contributed by atoms with Crippen molar-refractivity contribution in [3.05, 3.63) is 28.7 Å². The number of nitrogens with one attached hydrogen (secondary N) is 1. The van der Waals surface area contributed by atoms with Gasteiger partial charge >= 0.3 is 0 Å². The first-order chi connectivity index (χ1) is 11.5. The lowest BCUT2D eigenvalue weighted by Crippen LogP contribution is -2.28. The van der Waals surface area contributed by atoms with E-state index in [9.17, 15) is 0 Å². The molecule has 0 bridgehead atoms. The summed E-state index contributed by atoms with van der Waals surface area (Å²) in [5.74, 6) is 1.82. The molecule has 1 aliphatic rings. The van der Waals surface area contributed by atoms with Crippen molar-refractivity contribution >= 4 is 0 Å². The van der Waals surface area contributed by atoms with Crippen molar-refractivity contribution in [2.24, 2.45) is 13.0 Å². The van der Waals surface area contributed by atoms with E-state index in [1.165, 1.54) is 11.3 Å². The first kappa shape index (κ1) is 17.1. The van der Waals surface area contributed by atoms with Gasteiger partial charge in [0.05, 0.1) is 17.8 Å². The van der Waals surface area contributed by atoms with Crippen LogP contribution in [0.2, 0.25) is 0 Å². The third-order valence-electron chi connectivity index (χ3n) is 4.92. The smallest absolute Gasteiger partial charge is 0.243 e. The van der Waals surface area contributed by atoms with Gasteiger partial charge in [0, 0.05) is 43.8 Å². The third-order valence-corrected chi connectivity index (χ3v) is 4.92. The van der Waals surface area contributed by atoms with Crippen molar-refractivity contribution in [2.75, 3.05) is 13.2 Å². The Labute approximate surface area is 142 Å². The molecule has 1 fully saturated rings. The Morgan fingerprint density at radius 3 is 2.79 bits per heavy atom. The molecule has 3 heterocycles. The molecule has 0 aromatic carbocycles. The minimum atomic E-state index is 0.0372. The predicted molar refractivity (Wildman–Crippen MR) is 89.6 cm³/mol. The molecule has 0 aliphatic carbocycles. The molecule has 1 saturated heterocycles. The van der Waals surface area contributed by atoms with Crippen molar-refractivity contribution in [3.63, 3.8) is 0 Å². The lowest BCUT2D eigenvalue weighted by molar-refractivity contribution is 0.0885. The monoisotopic (exact) mass is 333 g/mol. The highest BCUT2D eigenvalue weighted by Gasteiger charge is 2.33. The summed E-state index contributed by atoms with van der Waals surface area (Å²) in [6, 6.07) is 0.0372. The van der Waals surface area contributed by atoms with Crippen LogP contribution in [-0.4, -0.2) is 33.1 Å². The van der Waals surface area contributed by atoms with E-state index < -0.39 is 0 Å². The van der Waals surface area contributed by atoms with Crippen molar-refractivity contribution in [3.8, 4) is 0 Å². The largest absolute Gasteiger partial charge is 0.373 e. The third kappa shape index (κ3) is 3.23. The zero-order valence-corrected chi connectivity index (χ0v) is 15.2. The van der Waals surface area contributed by atoms with Gasteiger partial charge in [-0.15, -0.1) is 0 Å². The van der Waals surface area contributed by atoms with Crippen LogP contribution in [0, 0.1) is 19.8 Å². The van der Waals surface area contributed by atoms with Crippen LogP contribution in [0.5, 0.6) is 0 Å². The number of hydrogen-bond acceptors (Lipinski definition) is 6. The molecule has 0 spiro atoms. The van der Waals surface area contributed by atoms with Crippen molar-refractivity contribution in [2.45, 2.75) is 52.7 Å². The fourth-order valence-electron chi connectivity index (χ4n) is 3.37. The van der Waals surface area contributed by atoms with E-state index in [1.54, 1.807) is 0 Å². The van der Waals surface area contributed by atoms with Crippen LogP contribution in [0.15, 0.2) is 4.52 Å². The summed E-state index contributed by atoms with van der Waals surface area (Å²) in [5, 5.41) is 12.0. The number of aryl methyl sites for hydroxylation is 3. The number of rotatable bonds is 6. The SMILES string of the molecule is CCc1noc([C@H](C)NC[C@@H]2CCO[C@H]2c2c(C)nn(C)c2C)n1. The van der Waals surface area contributed by atoms with E-state index >= 15 is 0 Å². The number of ether oxygens (including phenoxy) is 1. The summed E-state index contributed by atoms with van der Waals surface area (Å²) in [7, 11) is 1.98. The molecule has 0 radical (unpaired) electrons. The van der Waals surface area contributed by atoms with Crippen LogP contribution < -0.4 is 5.32 Å². The molecule has 24 heavy (non-hydrogen) atoms. The molecule has 7 heteroatoms. The molecular formula is C17H27N5O2. The van der Waals surface area contributed by atoms with Crippen LogP contribution in [0.25, 0.3) is 0 Å². The Morgan fingerprint density at radius 2 is 2.17 bits per heavy atom. The molecule has 132 valence electrons. The zero-order chi connectivity index (χ0) is 17.3. The molecule has 0 unspecified atom stereocenters. The fraction of sp³-hybridized carbons (Fsp3) is 0.706. The normalized spacial score (nSPS) is 22.2. The summed E-state index contributed by atoms with van der Waals surface area (Å²) in [6.07, 6.45) is 1.93. The van der Waals surface area contributed by atoms with Crippen molar-refractivity contribution < 1.29 is 9.26 Å². The van der Waals surface area contributed by atoms with E-state index in [4.69, 9.17) is 9.26 Å². The van der Waals surface area contributed by atoms with E-state index in [0.29, 0.717) is 11.8 Å². The van der Waals surface area contributed by atoms with Crippen LogP contribution in [0.3, 0.4) is 0 Å². The van der Waals surface area contributed by atoms with E-state index in [2.05, 4.69) is 41.3 Å². The minimum Gasteiger partial charge on any atom is -0.373 e. The first-order valence-electron chi connectivity index (χ1n) is 8.68. The van der Waals surface area contributed by atoms with E-state index in [0.717, 1.165) is 37.5 Å². The highest BCUT2D eigenvalue weighted by atomic mass is 16.5. The standard InChI is InChI=1S/C17H27N5O2/c1-6-14-19-17(24-21-14)11(3)18-9-13-7-8-23-16(13)15-10(2)20-22(5)12(15)4/h11,13,16,18H,6-9H2,1-5H3/t11-,13-,16+/m0/s1. The minimum absolute atomic E-state index is 0.0372. The first-order valence-corrected chi connectivity index (χ1v) is 8.68. The fourth-order valence-corrected chi connectivity index (χ4v) is 3.37. The van der Waals surface area contributed by atoms with Gasteiger partial charge in [-0.2, -0.15) is 10.1 Å². The van der Waals surface area contributed by atoms with Gasteiger partial charge in [0.15, 0.2) is 5.82 Å². The van der Waals surface area contributed by atoms with E-state index in [1.807, 2.05) is 18.7 Å². The second kappa shape index (κ2) is 7.03. The average molecular weight is 333 g/mol. The summed E-state index contributed by atoms with van der Waals surface area (Å²) in [5.41, 5.74) is 3.48. The quantitative estimate of drug-likeness (QED) is 0.875. The van der Waals surface area contributed by atoms with Gasteiger partial charge in [0.25, 0.3) is 0 Å². The Morgan fingerprint density at radius 1 is 1.38 bits per heavy atom. The predicted octanol–water partition coefficient (Wildman–Crippen LogP) is 2.41. The molecule has 0 saturated carbocycles. The molecule has 3 rings (SSSR count). The van der Waals surface area contributed by atoms with Crippen LogP contribution in [0.1, 0.15) is 61.1 Å². The van der Waals surface area contributed by atoms with Gasteiger partial charge in [-0.1, -0.05) is 12.1 Å².